The number of nitrogens with one attached hydrogen (secondary N) is 1. The number of hydrogen-bond donors (Lipinski definition) is 3. The predicted octanol–water partition coefficient (Wildman–Crippen LogP) is 2.17. The van der Waals surface area contributed by atoms with E-state index in [1.807, 2.05) is 11.8 Å². The molecule has 1 aromatic heterocycles. The molecule has 0 radical (unpaired) electrons. The standard InChI is InChI=1S/C11H19N3O2S2/c1-3-17-5-4-7(2)13-11-14-8(6-18-11)9(12)10(15)16/h6-7,9H,3-5,12H2,1-2H3,(H,13,14)(H,15,16). The highest BCUT2D eigenvalue weighted by Crippen LogP contribution is 2.21. The number of nitrogens with two attached hydrogens (primary N) is 1. The molecule has 0 aliphatic rings. The topological polar surface area (TPSA) is 88.2 Å². The van der Waals surface area contributed by atoms with Gasteiger partial charge in [-0.25, -0.2) is 4.98 Å². The van der Waals surface area contributed by atoms with Crippen molar-refractivity contribution in [3.8, 4) is 0 Å². The molecule has 1 aromatic rings. The second-order valence-electron chi connectivity index (χ2n) is 3.92. The Hall–Kier alpha value is -0.790. The van der Waals surface area contributed by atoms with Gasteiger partial charge in [-0.15, -0.1) is 11.3 Å². The van der Waals surface area contributed by atoms with Crippen molar-refractivity contribution in [2.75, 3.05) is 16.8 Å². The van der Waals surface area contributed by atoms with Gasteiger partial charge in [0.1, 0.15) is 6.04 Å². The van der Waals surface area contributed by atoms with Gasteiger partial charge in [-0.1, -0.05) is 6.92 Å². The van der Waals surface area contributed by atoms with Gasteiger partial charge in [0.15, 0.2) is 5.13 Å². The van der Waals surface area contributed by atoms with E-state index >= 15 is 0 Å². The highest BCUT2D eigenvalue weighted by molar-refractivity contribution is 7.99. The molecule has 0 spiro atoms. The maximum atomic E-state index is 10.7. The summed E-state index contributed by atoms with van der Waals surface area (Å²) in [5.41, 5.74) is 5.90. The molecule has 0 fully saturated rings. The molecule has 2 unspecified atom stereocenters. The van der Waals surface area contributed by atoms with E-state index in [1.165, 1.54) is 11.3 Å². The maximum Gasteiger partial charge on any atom is 0.326 e. The first-order valence-electron chi connectivity index (χ1n) is 5.82. The van der Waals surface area contributed by atoms with Crippen LogP contribution in [0.1, 0.15) is 32.0 Å². The van der Waals surface area contributed by atoms with Gasteiger partial charge in [0, 0.05) is 11.4 Å². The molecule has 0 saturated carbocycles. The highest BCUT2D eigenvalue weighted by atomic mass is 32.2. The minimum absolute atomic E-state index is 0.323. The fourth-order valence-electron chi connectivity index (χ4n) is 1.31. The number of carboxylic acid groups (broad SMARTS) is 1. The third-order valence-electron chi connectivity index (χ3n) is 2.38. The third-order valence-corrected chi connectivity index (χ3v) is 4.10. The number of carbonyl (C=O) groups is 1. The number of carboxylic acids is 1. The van der Waals surface area contributed by atoms with Crippen molar-refractivity contribution in [3.05, 3.63) is 11.1 Å². The number of aliphatic carboxylic acids is 1. The Morgan fingerprint density at radius 1 is 1.72 bits per heavy atom. The summed E-state index contributed by atoms with van der Waals surface area (Å²) >= 11 is 3.30. The predicted molar refractivity (Wildman–Crippen MR) is 77.4 cm³/mol. The summed E-state index contributed by atoms with van der Waals surface area (Å²) in [4.78, 5) is 14.9. The van der Waals surface area contributed by atoms with Crippen LogP contribution in [0.25, 0.3) is 0 Å². The van der Waals surface area contributed by atoms with E-state index < -0.39 is 12.0 Å². The molecule has 18 heavy (non-hydrogen) atoms. The first kappa shape index (κ1) is 15.3. The van der Waals surface area contributed by atoms with Gasteiger partial charge in [0.05, 0.1) is 5.69 Å². The SMILES string of the molecule is CCSCCC(C)Nc1nc(C(N)C(=O)O)cs1. The van der Waals surface area contributed by atoms with Gasteiger partial charge in [-0.2, -0.15) is 11.8 Å². The minimum Gasteiger partial charge on any atom is -0.480 e. The van der Waals surface area contributed by atoms with Crippen molar-refractivity contribution in [2.45, 2.75) is 32.4 Å². The molecule has 102 valence electrons. The molecule has 0 aliphatic carbocycles. The quantitative estimate of drug-likeness (QED) is 0.636. The van der Waals surface area contributed by atoms with Crippen LogP contribution in [-0.4, -0.2) is 33.6 Å². The second kappa shape index (κ2) is 7.60. The first-order valence-corrected chi connectivity index (χ1v) is 7.86. The maximum absolute atomic E-state index is 10.7. The first-order chi connectivity index (χ1) is 8.54. The number of rotatable bonds is 8. The lowest BCUT2D eigenvalue weighted by molar-refractivity contribution is -0.138. The molecule has 7 heteroatoms. The smallest absolute Gasteiger partial charge is 0.326 e. The molecular formula is C11H19N3O2S2. The van der Waals surface area contributed by atoms with Gasteiger partial charge in [0.2, 0.25) is 0 Å². The molecule has 2 atom stereocenters. The zero-order chi connectivity index (χ0) is 13.5. The summed E-state index contributed by atoms with van der Waals surface area (Å²) in [6.07, 6.45) is 1.05. The number of thioether (sulfide) groups is 1. The fourth-order valence-corrected chi connectivity index (χ4v) is 2.98. The monoisotopic (exact) mass is 289 g/mol. The molecule has 1 heterocycles. The molecule has 4 N–H and O–H groups in total. The number of nitrogens with zero attached hydrogens (tertiary/aromatic N) is 1. The Bertz CT molecular complexity index is 384. The van der Waals surface area contributed by atoms with Crippen molar-refractivity contribution in [3.63, 3.8) is 0 Å². The van der Waals surface area contributed by atoms with Crippen molar-refractivity contribution in [1.82, 2.24) is 4.98 Å². The molecule has 0 aromatic carbocycles. The van der Waals surface area contributed by atoms with Crippen LogP contribution in [0, 0.1) is 0 Å². The molecule has 0 aliphatic heterocycles. The van der Waals surface area contributed by atoms with Crippen molar-refractivity contribution in [1.29, 1.82) is 0 Å². The van der Waals surface area contributed by atoms with Gasteiger partial charge < -0.3 is 16.2 Å². The van der Waals surface area contributed by atoms with Gasteiger partial charge >= 0.3 is 5.97 Å². The molecule has 0 saturated heterocycles. The van der Waals surface area contributed by atoms with Crippen LogP contribution in [-0.2, 0) is 4.79 Å². The van der Waals surface area contributed by atoms with Crippen molar-refractivity contribution < 1.29 is 9.90 Å². The normalized spacial score (nSPS) is 14.2. The van der Waals surface area contributed by atoms with Gasteiger partial charge in [-0.05, 0) is 24.9 Å². The van der Waals surface area contributed by atoms with Crippen LogP contribution < -0.4 is 11.1 Å². The van der Waals surface area contributed by atoms with Crippen LogP contribution in [0.15, 0.2) is 5.38 Å². The Morgan fingerprint density at radius 3 is 3.06 bits per heavy atom. The van der Waals surface area contributed by atoms with E-state index in [0.29, 0.717) is 11.7 Å². The number of hydrogen-bond acceptors (Lipinski definition) is 6. The third kappa shape index (κ3) is 4.83. The largest absolute Gasteiger partial charge is 0.480 e. The van der Waals surface area contributed by atoms with Crippen LogP contribution in [0.2, 0.25) is 0 Å². The summed E-state index contributed by atoms with van der Waals surface area (Å²) in [5.74, 6) is 1.18. The van der Waals surface area contributed by atoms with Crippen LogP contribution in [0.5, 0.6) is 0 Å². The highest BCUT2D eigenvalue weighted by Gasteiger charge is 2.18. The van der Waals surface area contributed by atoms with E-state index in [-0.39, 0.29) is 0 Å². The van der Waals surface area contributed by atoms with E-state index in [4.69, 9.17) is 10.8 Å². The molecule has 0 amide bonds. The van der Waals surface area contributed by atoms with Crippen LogP contribution >= 0.6 is 23.1 Å². The van der Waals surface area contributed by atoms with E-state index in [0.717, 1.165) is 23.1 Å². The molecule has 5 nitrogen and oxygen atoms in total. The fraction of sp³-hybridized carbons (Fsp3) is 0.636. The van der Waals surface area contributed by atoms with Crippen molar-refractivity contribution >= 4 is 34.2 Å². The van der Waals surface area contributed by atoms with Gasteiger partial charge in [0.25, 0.3) is 0 Å². The van der Waals surface area contributed by atoms with Gasteiger partial charge in [-0.3, -0.25) is 4.79 Å². The van der Waals surface area contributed by atoms with E-state index in [1.54, 1.807) is 5.38 Å². The molecule has 1 rings (SSSR count). The van der Waals surface area contributed by atoms with Crippen molar-refractivity contribution in [2.24, 2.45) is 5.73 Å². The lowest BCUT2D eigenvalue weighted by atomic mass is 10.2. The van der Waals surface area contributed by atoms with Crippen LogP contribution in [0.4, 0.5) is 5.13 Å². The summed E-state index contributed by atoms with van der Waals surface area (Å²) < 4.78 is 0. The Kier molecular flexibility index (Phi) is 6.45. The zero-order valence-corrected chi connectivity index (χ0v) is 12.2. The average Bonchev–Trinajstić information content (AvgIpc) is 2.76. The van der Waals surface area contributed by atoms with Crippen LogP contribution in [0.3, 0.4) is 0 Å². The summed E-state index contributed by atoms with van der Waals surface area (Å²) in [6.45, 7) is 4.23. The summed E-state index contributed by atoms with van der Waals surface area (Å²) in [7, 11) is 0. The summed E-state index contributed by atoms with van der Waals surface area (Å²) in [5, 5.41) is 14.5. The zero-order valence-electron chi connectivity index (χ0n) is 10.5. The van der Waals surface area contributed by atoms with E-state index in [9.17, 15) is 4.79 Å². The molecular weight excluding hydrogens is 270 g/mol. The Morgan fingerprint density at radius 2 is 2.44 bits per heavy atom. The lowest BCUT2D eigenvalue weighted by Gasteiger charge is -2.12. The lowest BCUT2D eigenvalue weighted by Crippen LogP contribution is -2.21. The number of thiazole rings is 1. The second-order valence-corrected chi connectivity index (χ2v) is 6.18. The number of anilines is 1. The Balaban J connectivity index is 2.46. The van der Waals surface area contributed by atoms with E-state index in [2.05, 4.69) is 24.1 Å². The Labute approximate surface area is 115 Å². The number of aromatic nitrogens is 1. The summed E-state index contributed by atoms with van der Waals surface area (Å²) in [6, 6.07) is -0.716. The average molecular weight is 289 g/mol. The molecule has 0 bridgehead atoms. The minimum atomic E-state index is -1.06.